The van der Waals surface area contributed by atoms with E-state index in [1.54, 1.807) is 19.0 Å². The highest BCUT2D eigenvalue weighted by Crippen LogP contribution is 2.13. The number of aliphatic imine (C=N–C) groups is 1. The number of hydrogen-bond acceptors (Lipinski definition) is 3. The topological polar surface area (TPSA) is 85.8 Å². The lowest BCUT2D eigenvalue weighted by molar-refractivity contribution is -0.116. The van der Waals surface area contributed by atoms with Crippen LogP contribution in [0.2, 0.25) is 0 Å². The van der Waals surface area contributed by atoms with Gasteiger partial charge in [-0.2, -0.15) is 0 Å². The van der Waals surface area contributed by atoms with Crippen LogP contribution in [0.1, 0.15) is 48.7 Å². The smallest absolute Gasteiger partial charge is 0.253 e. The fraction of sp³-hybridized carbons (Fsp3) is 0.400. The lowest BCUT2D eigenvalue weighted by atomic mass is 10.1. The number of anilines is 1. The molecule has 0 heterocycles. The predicted octanol–water partition coefficient (Wildman–Crippen LogP) is 4.25. The number of guanidine groups is 1. The number of benzene rings is 2. The van der Waals surface area contributed by atoms with Crippen LogP contribution in [-0.4, -0.2) is 43.3 Å². The summed E-state index contributed by atoms with van der Waals surface area (Å²) >= 11 is 0. The summed E-state index contributed by atoms with van der Waals surface area (Å²) in [4.78, 5) is 30.3. The molecule has 0 unspecified atom stereocenters. The zero-order valence-electron chi connectivity index (χ0n) is 20.1. The van der Waals surface area contributed by atoms with Gasteiger partial charge in [-0.25, -0.2) is 4.99 Å². The maximum atomic E-state index is 12.0. The lowest BCUT2D eigenvalue weighted by Crippen LogP contribution is -2.36. The maximum absolute atomic E-state index is 12.0. The molecular weight excluding hydrogens is 529 g/mol. The van der Waals surface area contributed by atoms with Gasteiger partial charge in [-0.05, 0) is 48.2 Å². The van der Waals surface area contributed by atoms with Gasteiger partial charge in [-0.15, -0.1) is 24.0 Å². The zero-order chi connectivity index (χ0) is 23.5. The second-order valence-electron chi connectivity index (χ2n) is 8.29. The number of rotatable bonds is 9. The van der Waals surface area contributed by atoms with Crippen LogP contribution >= 0.6 is 24.0 Å². The van der Waals surface area contributed by atoms with E-state index in [-0.39, 0.29) is 35.8 Å². The molecule has 0 fully saturated rings. The van der Waals surface area contributed by atoms with E-state index < -0.39 is 0 Å². The van der Waals surface area contributed by atoms with E-state index in [1.165, 1.54) is 0 Å². The third kappa shape index (κ3) is 10.2. The average molecular weight is 566 g/mol. The molecule has 0 atom stereocenters. The molecule has 0 aliphatic rings. The van der Waals surface area contributed by atoms with Crippen molar-refractivity contribution in [1.82, 2.24) is 15.5 Å². The summed E-state index contributed by atoms with van der Waals surface area (Å²) in [6.45, 7) is 7.89. The first-order valence-electron chi connectivity index (χ1n) is 11.0. The summed E-state index contributed by atoms with van der Waals surface area (Å²) < 4.78 is 0. The molecule has 3 N–H and O–H groups in total. The number of carbonyl (C=O) groups excluding carboxylic acids is 2. The van der Waals surface area contributed by atoms with Crippen molar-refractivity contribution in [2.45, 2.75) is 40.3 Å². The Morgan fingerprint density at radius 1 is 1.00 bits per heavy atom. The van der Waals surface area contributed by atoms with Crippen LogP contribution in [0.3, 0.4) is 0 Å². The van der Waals surface area contributed by atoms with E-state index in [9.17, 15) is 9.59 Å². The Morgan fingerprint density at radius 3 is 2.30 bits per heavy atom. The predicted molar refractivity (Wildman–Crippen MR) is 146 cm³/mol. The van der Waals surface area contributed by atoms with Crippen molar-refractivity contribution in [3.05, 3.63) is 65.2 Å². The Kier molecular flexibility index (Phi) is 12.5. The zero-order valence-corrected chi connectivity index (χ0v) is 22.5. The minimum absolute atomic E-state index is 0. The van der Waals surface area contributed by atoms with Gasteiger partial charge in [0.25, 0.3) is 5.91 Å². The largest absolute Gasteiger partial charge is 0.357 e. The molecule has 0 saturated heterocycles. The molecule has 2 amide bonds. The van der Waals surface area contributed by atoms with Gasteiger partial charge in [0.15, 0.2) is 5.96 Å². The Bertz CT molecular complexity index is 927. The first kappa shape index (κ1) is 28.4. The molecule has 7 nitrogen and oxygen atoms in total. The fourth-order valence-corrected chi connectivity index (χ4v) is 3.05. The van der Waals surface area contributed by atoms with Crippen LogP contribution in [0.25, 0.3) is 0 Å². The summed E-state index contributed by atoms with van der Waals surface area (Å²) in [5, 5.41) is 9.51. The molecule has 0 spiro atoms. The van der Waals surface area contributed by atoms with E-state index in [4.69, 9.17) is 0 Å². The molecule has 33 heavy (non-hydrogen) atoms. The SMILES string of the molecule is CCNC(=NCc1cccc(NC(=O)CC(C)C)c1)NCc1ccc(C(=O)N(C)C)cc1.I. The minimum Gasteiger partial charge on any atom is -0.357 e. The maximum Gasteiger partial charge on any atom is 0.253 e. The van der Waals surface area contributed by atoms with Crippen molar-refractivity contribution in [2.24, 2.45) is 10.9 Å². The van der Waals surface area contributed by atoms with Gasteiger partial charge in [-0.3, -0.25) is 9.59 Å². The first-order valence-corrected chi connectivity index (χ1v) is 11.0. The summed E-state index contributed by atoms with van der Waals surface area (Å²) in [5.41, 5.74) is 3.52. The van der Waals surface area contributed by atoms with Crippen LogP contribution < -0.4 is 16.0 Å². The van der Waals surface area contributed by atoms with Crippen LogP contribution in [0.4, 0.5) is 5.69 Å². The van der Waals surface area contributed by atoms with Crippen molar-refractivity contribution in [3.8, 4) is 0 Å². The third-order valence-electron chi connectivity index (χ3n) is 4.64. The summed E-state index contributed by atoms with van der Waals surface area (Å²) in [7, 11) is 3.48. The normalized spacial score (nSPS) is 10.9. The number of amides is 2. The molecule has 2 aromatic rings. The Hall–Kier alpha value is -2.62. The molecule has 180 valence electrons. The van der Waals surface area contributed by atoms with Gasteiger partial charge in [0.2, 0.25) is 5.91 Å². The van der Waals surface area contributed by atoms with Gasteiger partial charge in [0.05, 0.1) is 6.54 Å². The van der Waals surface area contributed by atoms with Gasteiger partial charge in [0.1, 0.15) is 0 Å². The second-order valence-corrected chi connectivity index (χ2v) is 8.29. The Balaban J connectivity index is 0.00000544. The minimum atomic E-state index is -0.0120. The molecule has 0 bridgehead atoms. The molecule has 0 aromatic heterocycles. The quantitative estimate of drug-likeness (QED) is 0.241. The summed E-state index contributed by atoms with van der Waals surface area (Å²) in [5.74, 6) is 1.03. The highest BCUT2D eigenvalue weighted by Gasteiger charge is 2.08. The number of halogens is 1. The Labute approximate surface area is 214 Å². The standard InChI is InChI=1S/C25H35N5O2.HI/c1-6-26-25(27-16-19-10-12-21(13-11-19)24(32)30(4)5)28-17-20-8-7-9-22(15-20)29-23(31)14-18(2)3;/h7-13,15,18H,6,14,16-17H2,1-5H3,(H,29,31)(H2,26,27,28);1H. The highest BCUT2D eigenvalue weighted by atomic mass is 127. The van der Waals surface area contributed by atoms with E-state index in [2.05, 4.69) is 20.9 Å². The first-order chi connectivity index (χ1) is 15.3. The van der Waals surface area contributed by atoms with Gasteiger partial charge in [-0.1, -0.05) is 38.1 Å². The molecule has 8 heteroatoms. The van der Waals surface area contributed by atoms with E-state index in [1.807, 2.05) is 69.3 Å². The Morgan fingerprint density at radius 2 is 1.70 bits per heavy atom. The lowest BCUT2D eigenvalue weighted by Gasteiger charge is -2.13. The van der Waals surface area contributed by atoms with Crippen LogP contribution in [0.15, 0.2) is 53.5 Å². The highest BCUT2D eigenvalue weighted by molar-refractivity contribution is 14.0. The monoisotopic (exact) mass is 565 g/mol. The number of nitrogens with one attached hydrogen (secondary N) is 3. The van der Waals surface area contributed by atoms with E-state index in [0.29, 0.717) is 37.0 Å². The van der Waals surface area contributed by atoms with Crippen LogP contribution in [0.5, 0.6) is 0 Å². The number of nitrogens with zero attached hydrogens (tertiary/aromatic N) is 2. The van der Waals surface area contributed by atoms with Crippen molar-refractivity contribution in [1.29, 1.82) is 0 Å². The molecule has 0 aliphatic heterocycles. The number of hydrogen-bond donors (Lipinski definition) is 3. The van der Waals surface area contributed by atoms with Gasteiger partial charge < -0.3 is 20.9 Å². The van der Waals surface area contributed by atoms with Crippen molar-refractivity contribution in [3.63, 3.8) is 0 Å². The molecular formula is C25H36IN5O2. The average Bonchev–Trinajstić information content (AvgIpc) is 2.75. The number of carbonyl (C=O) groups is 2. The molecule has 2 aromatic carbocycles. The molecule has 0 saturated carbocycles. The van der Waals surface area contributed by atoms with E-state index in [0.717, 1.165) is 23.4 Å². The van der Waals surface area contributed by atoms with Crippen LogP contribution in [0, 0.1) is 5.92 Å². The molecule has 0 aliphatic carbocycles. The van der Waals surface area contributed by atoms with Crippen LogP contribution in [-0.2, 0) is 17.9 Å². The van der Waals surface area contributed by atoms with Crippen molar-refractivity contribution in [2.75, 3.05) is 26.0 Å². The van der Waals surface area contributed by atoms with Gasteiger partial charge >= 0.3 is 0 Å². The van der Waals surface area contributed by atoms with Gasteiger partial charge in [0, 0.05) is 44.9 Å². The molecule has 2 rings (SSSR count). The fourth-order valence-electron chi connectivity index (χ4n) is 3.05. The summed E-state index contributed by atoms with van der Waals surface area (Å²) in [6, 6.07) is 15.3. The van der Waals surface area contributed by atoms with Crippen molar-refractivity contribution >= 4 is 47.4 Å². The third-order valence-corrected chi connectivity index (χ3v) is 4.64. The van der Waals surface area contributed by atoms with Crippen molar-refractivity contribution < 1.29 is 9.59 Å². The second kappa shape index (κ2) is 14.5. The summed E-state index contributed by atoms with van der Waals surface area (Å²) in [6.07, 6.45) is 0.501. The molecule has 0 radical (unpaired) electrons. The van der Waals surface area contributed by atoms with E-state index >= 15 is 0 Å².